The van der Waals surface area contributed by atoms with Crippen LogP contribution in [-0.2, 0) is 9.53 Å². The minimum atomic E-state index is -0.0799. The highest BCUT2D eigenvalue weighted by Crippen LogP contribution is 2.03. The van der Waals surface area contributed by atoms with Crippen LogP contribution in [-0.4, -0.2) is 17.6 Å². The van der Waals surface area contributed by atoms with Gasteiger partial charge in [0.2, 0.25) is 11.0 Å². The van der Waals surface area contributed by atoms with E-state index in [1.165, 1.54) is 0 Å². The normalized spacial score (nSPS) is 11.7. The van der Waals surface area contributed by atoms with Gasteiger partial charge in [0.1, 0.15) is 5.70 Å². The minimum Gasteiger partial charge on any atom is -0.482 e. The van der Waals surface area contributed by atoms with Crippen LogP contribution in [0.3, 0.4) is 0 Å². The lowest BCUT2D eigenvalue weighted by Gasteiger charge is -2.12. The van der Waals surface area contributed by atoms with Gasteiger partial charge in [-0.05, 0) is 32.5 Å². The molecule has 4 nitrogen and oxygen atoms in total. The lowest BCUT2D eigenvalue weighted by atomic mass is 10.2. The fourth-order valence-electron chi connectivity index (χ4n) is 1.05. The lowest BCUT2D eigenvalue weighted by molar-refractivity contribution is -0.120. The number of thiocarbonyl (C=S) groups is 1. The molecule has 0 rings (SSSR count). The van der Waals surface area contributed by atoms with Gasteiger partial charge in [-0.25, -0.2) is 0 Å². The number of allylic oxidation sites excluding steroid dienone is 1. The van der Waals surface area contributed by atoms with Gasteiger partial charge in [-0.3, -0.25) is 4.79 Å². The summed E-state index contributed by atoms with van der Waals surface area (Å²) < 4.78 is 5.15. The molecular weight excluding hydrogens is 224 g/mol. The molecule has 0 aliphatic rings. The Morgan fingerprint density at radius 1 is 1.44 bits per heavy atom. The van der Waals surface area contributed by atoms with Gasteiger partial charge in [0.15, 0.2) is 0 Å². The van der Waals surface area contributed by atoms with Crippen molar-refractivity contribution >= 4 is 23.2 Å². The SMILES string of the molecule is CCCCC(=O)NC(C(=S)OCC)=C(C)N. The van der Waals surface area contributed by atoms with Crippen LogP contribution in [0.2, 0.25) is 0 Å². The molecular formula is C11H20N2O2S. The smallest absolute Gasteiger partial charge is 0.224 e. The Bertz CT molecular complexity index is 284. The second kappa shape index (κ2) is 8.10. The second-order valence-corrected chi connectivity index (χ2v) is 3.80. The molecule has 0 bridgehead atoms. The average molecular weight is 244 g/mol. The van der Waals surface area contributed by atoms with E-state index in [-0.39, 0.29) is 11.0 Å². The third kappa shape index (κ3) is 5.70. The van der Waals surface area contributed by atoms with Gasteiger partial charge in [0.05, 0.1) is 6.61 Å². The topological polar surface area (TPSA) is 64.3 Å². The lowest BCUT2D eigenvalue weighted by Crippen LogP contribution is -2.30. The summed E-state index contributed by atoms with van der Waals surface area (Å²) in [5.41, 5.74) is 6.52. The van der Waals surface area contributed by atoms with Crippen molar-refractivity contribution in [3.63, 3.8) is 0 Å². The summed E-state index contributed by atoms with van der Waals surface area (Å²) in [4.78, 5) is 11.5. The van der Waals surface area contributed by atoms with Gasteiger partial charge < -0.3 is 15.8 Å². The number of ether oxygens (including phenoxy) is 1. The molecule has 0 aromatic rings. The van der Waals surface area contributed by atoms with Crippen LogP contribution in [0.25, 0.3) is 0 Å². The number of unbranched alkanes of at least 4 members (excludes halogenated alkanes) is 1. The van der Waals surface area contributed by atoms with E-state index < -0.39 is 0 Å². The van der Waals surface area contributed by atoms with Crippen molar-refractivity contribution in [2.45, 2.75) is 40.0 Å². The maximum absolute atomic E-state index is 11.5. The van der Waals surface area contributed by atoms with E-state index >= 15 is 0 Å². The fraction of sp³-hybridized carbons (Fsp3) is 0.636. The van der Waals surface area contributed by atoms with Crippen molar-refractivity contribution < 1.29 is 9.53 Å². The molecule has 0 aliphatic carbocycles. The third-order valence-corrected chi connectivity index (χ3v) is 2.22. The van der Waals surface area contributed by atoms with E-state index in [1.807, 2.05) is 13.8 Å². The number of nitrogens with one attached hydrogen (secondary N) is 1. The molecule has 0 heterocycles. The summed E-state index contributed by atoms with van der Waals surface area (Å²) in [6.07, 6.45) is 2.30. The first kappa shape index (κ1) is 14.9. The summed E-state index contributed by atoms with van der Waals surface area (Å²) in [5, 5.41) is 2.93. The van der Waals surface area contributed by atoms with E-state index in [0.29, 0.717) is 24.4 Å². The Morgan fingerprint density at radius 2 is 2.06 bits per heavy atom. The molecule has 1 amide bonds. The highest BCUT2D eigenvalue weighted by atomic mass is 32.1. The van der Waals surface area contributed by atoms with Crippen LogP contribution >= 0.6 is 12.2 Å². The molecule has 0 fully saturated rings. The highest BCUT2D eigenvalue weighted by Gasteiger charge is 2.12. The molecule has 0 saturated carbocycles. The average Bonchev–Trinajstić information content (AvgIpc) is 2.22. The summed E-state index contributed by atoms with van der Waals surface area (Å²) in [7, 11) is 0. The van der Waals surface area contributed by atoms with Crippen LogP contribution in [0.5, 0.6) is 0 Å². The maximum atomic E-state index is 11.5. The molecule has 0 spiro atoms. The van der Waals surface area contributed by atoms with Crippen LogP contribution < -0.4 is 11.1 Å². The molecule has 0 saturated heterocycles. The number of hydrogen-bond donors (Lipinski definition) is 2. The van der Waals surface area contributed by atoms with E-state index in [1.54, 1.807) is 6.92 Å². The molecule has 16 heavy (non-hydrogen) atoms. The van der Waals surface area contributed by atoms with Crippen molar-refractivity contribution in [2.75, 3.05) is 6.61 Å². The molecule has 92 valence electrons. The van der Waals surface area contributed by atoms with Crippen LogP contribution in [0, 0.1) is 0 Å². The zero-order chi connectivity index (χ0) is 12.6. The number of carbonyl (C=O) groups excluding carboxylic acids is 1. The second-order valence-electron chi connectivity index (χ2n) is 3.43. The maximum Gasteiger partial charge on any atom is 0.224 e. The van der Waals surface area contributed by atoms with Crippen molar-refractivity contribution in [3.05, 3.63) is 11.4 Å². The molecule has 0 aromatic heterocycles. The van der Waals surface area contributed by atoms with E-state index in [0.717, 1.165) is 12.8 Å². The summed E-state index contributed by atoms with van der Waals surface area (Å²) in [6, 6.07) is 0. The van der Waals surface area contributed by atoms with Crippen LogP contribution in [0.1, 0.15) is 40.0 Å². The first-order chi connectivity index (χ1) is 7.52. The molecule has 0 aromatic carbocycles. The Kier molecular flexibility index (Phi) is 7.54. The molecule has 0 radical (unpaired) electrons. The number of carbonyl (C=O) groups is 1. The molecule has 0 aliphatic heterocycles. The zero-order valence-electron chi connectivity index (χ0n) is 10.1. The number of nitrogens with two attached hydrogens (primary N) is 1. The monoisotopic (exact) mass is 244 g/mol. The Balaban J connectivity index is 4.42. The van der Waals surface area contributed by atoms with E-state index in [2.05, 4.69) is 5.32 Å². The van der Waals surface area contributed by atoms with Gasteiger partial charge in [-0.1, -0.05) is 13.3 Å². The van der Waals surface area contributed by atoms with Crippen LogP contribution in [0.4, 0.5) is 0 Å². The molecule has 0 atom stereocenters. The molecule has 3 N–H and O–H groups in total. The first-order valence-electron chi connectivity index (χ1n) is 5.46. The van der Waals surface area contributed by atoms with Crippen molar-refractivity contribution in [1.29, 1.82) is 0 Å². The number of hydrogen-bond acceptors (Lipinski definition) is 4. The summed E-state index contributed by atoms with van der Waals surface area (Å²) in [5.74, 6) is -0.0799. The molecule has 5 heteroatoms. The highest BCUT2D eigenvalue weighted by molar-refractivity contribution is 7.80. The van der Waals surface area contributed by atoms with E-state index in [9.17, 15) is 4.79 Å². The largest absolute Gasteiger partial charge is 0.482 e. The zero-order valence-corrected chi connectivity index (χ0v) is 10.9. The standard InChI is InChI=1S/C11H20N2O2S/c1-4-6-7-9(14)13-10(8(3)12)11(16)15-5-2/h4-7,12H2,1-3H3,(H,13,14). The fourth-order valence-corrected chi connectivity index (χ4v) is 1.38. The quantitative estimate of drug-likeness (QED) is 0.553. The first-order valence-corrected chi connectivity index (χ1v) is 5.87. The Morgan fingerprint density at radius 3 is 2.50 bits per heavy atom. The third-order valence-electron chi connectivity index (χ3n) is 1.90. The van der Waals surface area contributed by atoms with Gasteiger partial charge in [0.25, 0.3) is 0 Å². The van der Waals surface area contributed by atoms with Gasteiger partial charge in [-0.15, -0.1) is 0 Å². The molecule has 0 unspecified atom stereocenters. The van der Waals surface area contributed by atoms with Gasteiger partial charge in [0, 0.05) is 12.1 Å². The van der Waals surface area contributed by atoms with Crippen molar-refractivity contribution in [2.24, 2.45) is 5.73 Å². The Hall–Kier alpha value is -1.10. The van der Waals surface area contributed by atoms with Crippen molar-refractivity contribution in [3.8, 4) is 0 Å². The van der Waals surface area contributed by atoms with Crippen molar-refractivity contribution in [1.82, 2.24) is 5.32 Å². The summed E-state index contributed by atoms with van der Waals surface area (Å²) in [6.45, 7) is 6.00. The van der Waals surface area contributed by atoms with Gasteiger partial charge in [-0.2, -0.15) is 0 Å². The predicted molar refractivity (Wildman–Crippen MR) is 68.8 cm³/mol. The predicted octanol–water partition coefficient (Wildman–Crippen LogP) is 1.85. The van der Waals surface area contributed by atoms with Crippen LogP contribution in [0.15, 0.2) is 11.4 Å². The Labute approximate surface area is 102 Å². The van der Waals surface area contributed by atoms with E-state index in [4.69, 9.17) is 22.7 Å². The summed E-state index contributed by atoms with van der Waals surface area (Å²) >= 11 is 5.01. The number of rotatable bonds is 6. The van der Waals surface area contributed by atoms with Gasteiger partial charge >= 0.3 is 0 Å². The number of amides is 1. The minimum absolute atomic E-state index is 0.0799.